The van der Waals surface area contributed by atoms with Crippen LogP contribution in [-0.4, -0.2) is 45.6 Å². The van der Waals surface area contributed by atoms with Crippen molar-refractivity contribution in [3.8, 4) is 28.8 Å². The number of imide groups is 1. The van der Waals surface area contributed by atoms with E-state index >= 15 is 0 Å². The van der Waals surface area contributed by atoms with E-state index in [9.17, 15) is 24.0 Å². The van der Waals surface area contributed by atoms with Gasteiger partial charge in [-0.15, -0.1) is 0 Å². The molecular formula is C34H27FN4O5. The van der Waals surface area contributed by atoms with Gasteiger partial charge in [0.25, 0.3) is 11.8 Å². The molecule has 0 N–H and O–H groups in total. The molecule has 9 nitrogen and oxygen atoms in total. The highest BCUT2D eigenvalue weighted by Crippen LogP contribution is 2.32. The van der Waals surface area contributed by atoms with Gasteiger partial charge in [0.2, 0.25) is 0 Å². The van der Waals surface area contributed by atoms with E-state index < -0.39 is 17.8 Å². The number of carbonyl (C=O) groups excluding carboxylic acids is 3. The smallest absolute Gasteiger partial charge is 0.302 e. The number of rotatable bonds is 9. The molecule has 4 aromatic rings. The lowest BCUT2D eigenvalue weighted by Gasteiger charge is -2.27. The normalized spacial score (nSPS) is 14.1. The highest BCUT2D eigenvalue weighted by molar-refractivity contribution is 6.19. The van der Waals surface area contributed by atoms with E-state index in [4.69, 9.17) is 14.6 Å². The van der Waals surface area contributed by atoms with Crippen LogP contribution < -0.4 is 4.74 Å². The van der Waals surface area contributed by atoms with Crippen molar-refractivity contribution in [2.75, 3.05) is 13.2 Å². The Morgan fingerprint density at radius 2 is 1.77 bits per heavy atom. The quantitative estimate of drug-likeness (QED) is 0.145. The van der Waals surface area contributed by atoms with Gasteiger partial charge in [-0.2, -0.15) is 10.4 Å². The number of nitrogens with zero attached hydrogens (tertiary/aromatic N) is 4. The number of aromatic nitrogens is 2. The van der Waals surface area contributed by atoms with Crippen molar-refractivity contribution in [2.24, 2.45) is 0 Å². The van der Waals surface area contributed by atoms with Crippen LogP contribution >= 0.6 is 0 Å². The molecule has 2 amide bonds. The maximum atomic E-state index is 13.6. The van der Waals surface area contributed by atoms with Crippen LogP contribution in [0.1, 0.15) is 25.0 Å². The standard InChI is InChI=1S/C34H27FN4O5/c1-22-30(33(41)38(15-16-43-23(2)40)34(42)31(22)19-36)18-26-20-39(28-8-4-3-5-9-28)37-32(26)25-7-6-10-29(17-25)44-21-24-11-13-27(35)14-12-24/h3-14,17-18,20H,15-16,21H2,1-2H3/b30-18+. The number of benzene rings is 3. The van der Waals surface area contributed by atoms with E-state index in [1.165, 1.54) is 19.1 Å². The van der Waals surface area contributed by atoms with Gasteiger partial charge >= 0.3 is 5.97 Å². The lowest BCUT2D eigenvalue weighted by Crippen LogP contribution is -2.44. The molecule has 0 bridgehead atoms. The zero-order valence-corrected chi connectivity index (χ0v) is 24.0. The Kier molecular flexibility index (Phi) is 8.77. The number of para-hydroxylation sites is 1. The zero-order chi connectivity index (χ0) is 31.2. The number of halogens is 1. The van der Waals surface area contributed by atoms with Crippen molar-refractivity contribution in [1.29, 1.82) is 5.26 Å². The minimum Gasteiger partial charge on any atom is -0.489 e. The minimum absolute atomic E-state index is 0.140. The molecular weight excluding hydrogens is 563 g/mol. The Morgan fingerprint density at radius 1 is 1.02 bits per heavy atom. The summed E-state index contributed by atoms with van der Waals surface area (Å²) in [6.07, 6.45) is 3.37. The van der Waals surface area contributed by atoms with Gasteiger partial charge in [-0.25, -0.2) is 9.07 Å². The second-order valence-electron chi connectivity index (χ2n) is 9.93. The summed E-state index contributed by atoms with van der Waals surface area (Å²) in [4.78, 5) is 38.7. The average Bonchev–Trinajstić information content (AvgIpc) is 3.45. The maximum absolute atomic E-state index is 13.6. The first kappa shape index (κ1) is 29.7. The van der Waals surface area contributed by atoms with Crippen LogP contribution in [0.5, 0.6) is 5.75 Å². The molecule has 220 valence electrons. The van der Waals surface area contributed by atoms with Crippen LogP contribution in [0.25, 0.3) is 23.0 Å². The number of carbonyl (C=O) groups is 3. The van der Waals surface area contributed by atoms with E-state index in [0.29, 0.717) is 22.6 Å². The Bertz CT molecular complexity index is 1840. The lowest BCUT2D eigenvalue weighted by molar-refractivity contribution is -0.147. The number of esters is 1. The molecule has 1 aliphatic rings. The molecule has 0 aliphatic carbocycles. The van der Waals surface area contributed by atoms with Crippen molar-refractivity contribution >= 4 is 23.9 Å². The van der Waals surface area contributed by atoms with E-state index in [1.807, 2.05) is 54.6 Å². The van der Waals surface area contributed by atoms with Crippen LogP contribution in [0, 0.1) is 17.1 Å². The summed E-state index contributed by atoms with van der Waals surface area (Å²) in [6, 6.07) is 24.6. The SMILES string of the molecule is CC(=O)OCCN1C(=O)C(C#N)=C(C)/C(=C\c2cn(-c3ccccc3)nc2-c2cccc(OCc3ccc(F)cc3)c2)C1=O. The van der Waals surface area contributed by atoms with Crippen molar-refractivity contribution in [2.45, 2.75) is 20.5 Å². The molecule has 0 radical (unpaired) electrons. The van der Waals surface area contributed by atoms with Crippen molar-refractivity contribution < 1.29 is 28.2 Å². The van der Waals surface area contributed by atoms with Gasteiger partial charge in [0.15, 0.2) is 0 Å². The highest BCUT2D eigenvalue weighted by Gasteiger charge is 2.35. The monoisotopic (exact) mass is 590 g/mol. The third-order valence-electron chi connectivity index (χ3n) is 6.93. The predicted molar refractivity (Wildman–Crippen MR) is 159 cm³/mol. The van der Waals surface area contributed by atoms with Crippen molar-refractivity contribution in [3.05, 3.63) is 119 Å². The molecule has 0 atom stereocenters. The molecule has 0 saturated heterocycles. The second kappa shape index (κ2) is 13.0. The fraction of sp³-hybridized carbons (Fsp3) is 0.147. The van der Waals surface area contributed by atoms with Gasteiger partial charge in [0.1, 0.15) is 42.1 Å². The predicted octanol–water partition coefficient (Wildman–Crippen LogP) is 5.41. The third kappa shape index (κ3) is 6.47. The van der Waals surface area contributed by atoms with Gasteiger partial charge in [0, 0.05) is 29.8 Å². The number of ether oxygens (including phenoxy) is 2. The second-order valence-corrected chi connectivity index (χ2v) is 9.93. The largest absolute Gasteiger partial charge is 0.489 e. The summed E-state index contributed by atoms with van der Waals surface area (Å²) in [6.45, 7) is 2.61. The summed E-state index contributed by atoms with van der Waals surface area (Å²) in [5, 5.41) is 14.6. The summed E-state index contributed by atoms with van der Waals surface area (Å²) >= 11 is 0. The zero-order valence-electron chi connectivity index (χ0n) is 24.0. The third-order valence-corrected chi connectivity index (χ3v) is 6.93. The fourth-order valence-electron chi connectivity index (χ4n) is 4.68. The van der Waals surface area contributed by atoms with E-state index in [-0.39, 0.29) is 42.3 Å². The Balaban J connectivity index is 1.55. The van der Waals surface area contributed by atoms with Gasteiger partial charge in [-0.05, 0) is 60.5 Å². The van der Waals surface area contributed by atoms with Gasteiger partial charge in [-0.1, -0.05) is 42.5 Å². The van der Waals surface area contributed by atoms with Gasteiger partial charge < -0.3 is 9.47 Å². The van der Waals surface area contributed by atoms with E-state index in [0.717, 1.165) is 16.2 Å². The summed E-state index contributed by atoms with van der Waals surface area (Å²) in [7, 11) is 0. The lowest BCUT2D eigenvalue weighted by atomic mass is 9.93. The highest BCUT2D eigenvalue weighted by atomic mass is 19.1. The van der Waals surface area contributed by atoms with Gasteiger partial charge in [0.05, 0.1) is 12.2 Å². The molecule has 10 heteroatoms. The summed E-state index contributed by atoms with van der Waals surface area (Å²) in [5.41, 5.74) is 3.55. The number of nitriles is 1. The molecule has 44 heavy (non-hydrogen) atoms. The summed E-state index contributed by atoms with van der Waals surface area (Å²) < 4.78 is 25.9. The molecule has 2 heterocycles. The first-order valence-corrected chi connectivity index (χ1v) is 13.7. The van der Waals surface area contributed by atoms with Crippen molar-refractivity contribution in [3.63, 3.8) is 0 Å². The molecule has 1 aromatic heterocycles. The Labute approximate surface area is 253 Å². The number of hydrogen-bond donors (Lipinski definition) is 0. The van der Waals surface area contributed by atoms with E-state index in [1.54, 1.807) is 42.1 Å². The minimum atomic E-state index is -0.745. The topological polar surface area (TPSA) is 115 Å². The van der Waals surface area contributed by atoms with Crippen LogP contribution in [0.2, 0.25) is 0 Å². The Morgan fingerprint density at radius 3 is 2.48 bits per heavy atom. The molecule has 1 aliphatic heterocycles. The molecule has 0 unspecified atom stereocenters. The number of amides is 2. The molecule has 0 saturated carbocycles. The molecule has 0 spiro atoms. The van der Waals surface area contributed by atoms with Crippen LogP contribution in [0.4, 0.5) is 4.39 Å². The van der Waals surface area contributed by atoms with Crippen molar-refractivity contribution in [1.82, 2.24) is 14.7 Å². The Hall–Kier alpha value is -5.82. The van der Waals surface area contributed by atoms with Crippen LogP contribution in [0.15, 0.2) is 102 Å². The van der Waals surface area contributed by atoms with Crippen LogP contribution in [0.3, 0.4) is 0 Å². The molecule has 0 fully saturated rings. The number of hydrogen-bond acceptors (Lipinski definition) is 7. The fourth-order valence-corrected chi connectivity index (χ4v) is 4.68. The average molecular weight is 591 g/mol. The maximum Gasteiger partial charge on any atom is 0.302 e. The van der Waals surface area contributed by atoms with E-state index in [2.05, 4.69) is 0 Å². The first-order valence-electron chi connectivity index (χ1n) is 13.7. The summed E-state index contributed by atoms with van der Waals surface area (Å²) in [5.74, 6) is -1.68. The molecule has 3 aromatic carbocycles. The van der Waals surface area contributed by atoms with Crippen LogP contribution in [-0.2, 0) is 25.7 Å². The first-order chi connectivity index (χ1) is 21.2. The molecule has 5 rings (SSSR count). The van der Waals surface area contributed by atoms with Gasteiger partial charge in [-0.3, -0.25) is 19.3 Å².